The van der Waals surface area contributed by atoms with Gasteiger partial charge in [-0.05, 0) is 12.1 Å². The minimum atomic E-state index is -0.449. The fourth-order valence-corrected chi connectivity index (χ4v) is 1.83. The molecule has 0 saturated carbocycles. The molecular weight excluding hydrogens is 298 g/mol. The summed E-state index contributed by atoms with van der Waals surface area (Å²) in [5.74, 6) is 0.175. The first-order valence-corrected chi connectivity index (χ1v) is 6.03. The van der Waals surface area contributed by atoms with Gasteiger partial charge >= 0.3 is 0 Å². The highest BCUT2D eigenvalue weighted by Crippen LogP contribution is 2.30. The minimum absolute atomic E-state index is 0.0256. The van der Waals surface area contributed by atoms with Gasteiger partial charge in [-0.15, -0.1) is 0 Å². The normalized spacial score (nSPS) is 10.4. The van der Waals surface area contributed by atoms with Crippen LogP contribution in [-0.4, -0.2) is 10.9 Å². The summed E-state index contributed by atoms with van der Waals surface area (Å²) in [5, 5.41) is 2.94. The van der Waals surface area contributed by atoms with Gasteiger partial charge in [0, 0.05) is 6.20 Å². The summed E-state index contributed by atoms with van der Waals surface area (Å²) in [6.45, 7) is 0.240. The zero-order chi connectivity index (χ0) is 13.1. The van der Waals surface area contributed by atoms with Crippen molar-refractivity contribution in [3.63, 3.8) is 0 Å². The van der Waals surface area contributed by atoms with Gasteiger partial charge in [0.2, 0.25) is 0 Å². The first kappa shape index (κ1) is 13.2. The fraction of sp³-hybridized carbons (Fsp3) is 0.0909. The number of carbonyl (C=O) groups is 1. The van der Waals surface area contributed by atoms with Crippen LogP contribution < -0.4 is 5.32 Å². The second-order valence-corrected chi connectivity index (χ2v) is 4.51. The number of hydrogen-bond donors (Lipinski definition) is 1. The molecule has 0 atom stereocenters. The number of nitrogens with one attached hydrogen (secondary N) is 1. The first-order valence-electron chi connectivity index (χ1n) is 4.89. The van der Waals surface area contributed by atoms with Crippen molar-refractivity contribution in [2.75, 3.05) is 0 Å². The summed E-state index contributed by atoms with van der Waals surface area (Å²) >= 11 is 17.4. The van der Waals surface area contributed by atoms with Crippen LogP contribution in [0.25, 0.3) is 0 Å². The fourth-order valence-electron chi connectivity index (χ4n) is 1.27. The number of halogens is 3. The summed E-state index contributed by atoms with van der Waals surface area (Å²) in [6.07, 6.45) is 2.80. The molecule has 2 aromatic heterocycles. The van der Waals surface area contributed by atoms with E-state index < -0.39 is 5.91 Å². The van der Waals surface area contributed by atoms with Gasteiger partial charge in [0.05, 0.1) is 27.9 Å². The van der Waals surface area contributed by atoms with Crippen molar-refractivity contribution in [1.82, 2.24) is 10.3 Å². The Morgan fingerprint density at radius 3 is 2.78 bits per heavy atom. The Kier molecular flexibility index (Phi) is 4.11. The van der Waals surface area contributed by atoms with Gasteiger partial charge in [0.25, 0.3) is 5.91 Å². The van der Waals surface area contributed by atoms with Crippen molar-refractivity contribution in [3.05, 3.63) is 51.1 Å². The van der Waals surface area contributed by atoms with Gasteiger partial charge in [-0.2, -0.15) is 0 Å². The quantitative estimate of drug-likeness (QED) is 0.943. The van der Waals surface area contributed by atoms with Crippen molar-refractivity contribution in [3.8, 4) is 0 Å². The van der Waals surface area contributed by atoms with Gasteiger partial charge in [-0.25, -0.2) is 4.98 Å². The van der Waals surface area contributed by atoms with Crippen molar-refractivity contribution < 1.29 is 9.21 Å². The Morgan fingerprint density at radius 1 is 1.33 bits per heavy atom. The molecule has 7 heteroatoms. The van der Waals surface area contributed by atoms with Gasteiger partial charge < -0.3 is 9.73 Å². The molecular formula is C11H7Cl3N2O2. The largest absolute Gasteiger partial charge is 0.467 e. The molecule has 18 heavy (non-hydrogen) atoms. The summed E-state index contributed by atoms with van der Waals surface area (Å²) in [4.78, 5) is 15.7. The number of carbonyl (C=O) groups excluding carboxylic acids is 1. The smallest absolute Gasteiger partial charge is 0.271 e. The molecule has 2 rings (SSSR count). The molecule has 0 radical (unpaired) electrons. The second kappa shape index (κ2) is 5.61. The number of amides is 1. The van der Waals surface area contributed by atoms with Crippen LogP contribution in [-0.2, 0) is 6.54 Å². The average Bonchev–Trinajstić information content (AvgIpc) is 2.86. The van der Waals surface area contributed by atoms with E-state index >= 15 is 0 Å². The van der Waals surface area contributed by atoms with Crippen LogP contribution in [0.2, 0.25) is 15.1 Å². The number of rotatable bonds is 3. The predicted molar refractivity (Wildman–Crippen MR) is 69.1 cm³/mol. The van der Waals surface area contributed by atoms with Crippen LogP contribution in [0.5, 0.6) is 0 Å². The molecule has 0 aliphatic rings. The Balaban J connectivity index is 2.12. The third-order valence-electron chi connectivity index (χ3n) is 2.14. The predicted octanol–water partition coefficient (Wildman–Crippen LogP) is 3.56. The van der Waals surface area contributed by atoms with Gasteiger partial charge in [-0.3, -0.25) is 4.79 Å². The molecule has 94 valence electrons. The number of hydrogen-bond acceptors (Lipinski definition) is 3. The van der Waals surface area contributed by atoms with Crippen molar-refractivity contribution in [1.29, 1.82) is 0 Å². The van der Waals surface area contributed by atoms with Gasteiger partial charge in [0.1, 0.15) is 11.5 Å². The van der Waals surface area contributed by atoms with E-state index in [0.29, 0.717) is 5.76 Å². The third kappa shape index (κ3) is 2.77. The maximum atomic E-state index is 11.8. The molecule has 0 aliphatic heterocycles. The topological polar surface area (TPSA) is 55.1 Å². The monoisotopic (exact) mass is 304 g/mol. The number of furan rings is 1. The Hall–Kier alpha value is -1.23. The zero-order valence-corrected chi connectivity index (χ0v) is 11.2. The number of pyridine rings is 1. The molecule has 2 heterocycles. The lowest BCUT2D eigenvalue weighted by Crippen LogP contribution is -2.24. The lowest BCUT2D eigenvalue weighted by atomic mass is 10.3. The summed E-state index contributed by atoms with van der Waals surface area (Å²) in [7, 11) is 0. The van der Waals surface area contributed by atoms with Crippen LogP contribution in [0.4, 0.5) is 0 Å². The zero-order valence-electron chi connectivity index (χ0n) is 8.91. The molecule has 0 bridgehead atoms. The molecule has 0 aromatic carbocycles. The van der Waals surface area contributed by atoms with E-state index in [1.807, 2.05) is 0 Å². The number of aromatic nitrogens is 1. The van der Waals surface area contributed by atoms with E-state index in [0.717, 1.165) is 0 Å². The average molecular weight is 306 g/mol. The van der Waals surface area contributed by atoms with E-state index in [2.05, 4.69) is 10.3 Å². The SMILES string of the molecule is O=C(NCc1ccco1)c1ncc(Cl)c(Cl)c1Cl. The Labute approximate surface area is 118 Å². The molecule has 0 fully saturated rings. The molecule has 0 unspecified atom stereocenters. The summed E-state index contributed by atoms with van der Waals surface area (Å²) in [6, 6.07) is 3.47. The second-order valence-electron chi connectivity index (χ2n) is 3.34. The Morgan fingerprint density at radius 2 is 2.11 bits per heavy atom. The molecule has 2 aromatic rings. The lowest BCUT2D eigenvalue weighted by molar-refractivity contribution is 0.0943. The van der Waals surface area contributed by atoms with Crippen LogP contribution in [0.1, 0.15) is 16.2 Å². The Bertz CT molecular complexity index is 570. The molecule has 0 aliphatic carbocycles. The lowest BCUT2D eigenvalue weighted by Gasteiger charge is -2.06. The molecule has 0 spiro atoms. The van der Waals surface area contributed by atoms with E-state index in [4.69, 9.17) is 39.2 Å². The van der Waals surface area contributed by atoms with Gasteiger partial charge in [0.15, 0.2) is 0 Å². The standard InChI is InChI=1S/C11H7Cl3N2O2/c12-7-5-15-10(9(14)8(7)13)11(17)16-4-6-2-1-3-18-6/h1-3,5H,4H2,(H,16,17). The first-order chi connectivity index (χ1) is 8.59. The summed E-state index contributed by atoms with van der Waals surface area (Å²) < 4.78 is 5.08. The van der Waals surface area contributed by atoms with Crippen molar-refractivity contribution >= 4 is 40.7 Å². The van der Waals surface area contributed by atoms with Crippen LogP contribution >= 0.6 is 34.8 Å². The summed E-state index contributed by atoms with van der Waals surface area (Å²) in [5.41, 5.74) is 0.0256. The van der Waals surface area contributed by atoms with Crippen LogP contribution in [0.15, 0.2) is 29.0 Å². The van der Waals surface area contributed by atoms with Crippen LogP contribution in [0.3, 0.4) is 0 Å². The molecule has 1 N–H and O–H groups in total. The van der Waals surface area contributed by atoms with E-state index in [-0.39, 0.29) is 27.3 Å². The minimum Gasteiger partial charge on any atom is -0.467 e. The third-order valence-corrected chi connectivity index (χ3v) is 3.38. The highest BCUT2D eigenvalue weighted by Gasteiger charge is 2.16. The van der Waals surface area contributed by atoms with Gasteiger partial charge in [-0.1, -0.05) is 34.8 Å². The van der Waals surface area contributed by atoms with E-state index in [9.17, 15) is 4.79 Å². The molecule has 1 amide bonds. The maximum absolute atomic E-state index is 11.8. The maximum Gasteiger partial charge on any atom is 0.271 e. The molecule has 0 saturated heterocycles. The highest BCUT2D eigenvalue weighted by atomic mass is 35.5. The van der Waals surface area contributed by atoms with Crippen molar-refractivity contribution in [2.45, 2.75) is 6.54 Å². The van der Waals surface area contributed by atoms with E-state index in [1.54, 1.807) is 12.1 Å². The molecule has 4 nitrogen and oxygen atoms in total. The number of nitrogens with zero attached hydrogens (tertiary/aromatic N) is 1. The van der Waals surface area contributed by atoms with Crippen molar-refractivity contribution in [2.24, 2.45) is 0 Å². The van der Waals surface area contributed by atoms with E-state index in [1.165, 1.54) is 12.5 Å². The highest BCUT2D eigenvalue weighted by molar-refractivity contribution is 6.48. The van der Waals surface area contributed by atoms with Crippen LogP contribution in [0, 0.1) is 0 Å².